The second-order valence-electron chi connectivity index (χ2n) is 11.4. The van der Waals surface area contributed by atoms with Crippen molar-refractivity contribution >= 4 is 23.6 Å². The maximum absolute atomic E-state index is 4.54. The normalized spacial score (nSPS) is 15.6. The molecule has 2 aromatic carbocycles. The van der Waals surface area contributed by atoms with Crippen molar-refractivity contribution in [2.75, 3.05) is 39.3 Å². The van der Waals surface area contributed by atoms with E-state index in [0.717, 1.165) is 24.5 Å². The van der Waals surface area contributed by atoms with Crippen LogP contribution in [0, 0.1) is 13.8 Å². The Morgan fingerprint density at radius 2 is 0.932 bits per heavy atom. The van der Waals surface area contributed by atoms with Gasteiger partial charge in [-0.2, -0.15) is 0 Å². The fourth-order valence-corrected chi connectivity index (χ4v) is 5.62. The Hall–Kier alpha value is -3.61. The van der Waals surface area contributed by atoms with E-state index in [9.17, 15) is 0 Å². The fraction of sp³-hybridized carbons (Fsp3) is 0.316. The molecule has 6 heteroatoms. The van der Waals surface area contributed by atoms with Gasteiger partial charge in [0.15, 0.2) is 0 Å². The number of hydrogen-bond donors (Lipinski definition) is 0. The molecule has 0 radical (unpaired) electrons. The molecule has 4 heterocycles. The van der Waals surface area contributed by atoms with Gasteiger partial charge in [-0.25, -0.2) is 0 Å². The Labute approximate surface area is 270 Å². The van der Waals surface area contributed by atoms with Crippen LogP contribution in [0.3, 0.4) is 0 Å². The number of benzene rings is 2. The van der Waals surface area contributed by atoms with Crippen molar-refractivity contribution in [2.24, 2.45) is 0 Å². The van der Waals surface area contributed by atoms with E-state index in [1.54, 1.807) is 0 Å². The molecule has 232 valence electrons. The lowest BCUT2D eigenvalue weighted by atomic mass is 10.0. The van der Waals surface area contributed by atoms with Crippen LogP contribution in [0.1, 0.15) is 59.3 Å². The van der Waals surface area contributed by atoms with Crippen LogP contribution in [0.4, 0.5) is 0 Å². The summed E-state index contributed by atoms with van der Waals surface area (Å²) in [6.45, 7) is 11.2. The van der Waals surface area contributed by atoms with E-state index in [-0.39, 0.29) is 17.9 Å². The van der Waals surface area contributed by atoms with Gasteiger partial charge in [-0.15, -0.1) is 12.4 Å². The first-order valence-corrected chi connectivity index (χ1v) is 15.5. The summed E-state index contributed by atoms with van der Waals surface area (Å²) < 4.78 is 0. The minimum Gasteiger partial charge on any atom is -0.412 e. The predicted octanol–water partition coefficient (Wildman–Crippen LogP) is 7.43. The maximum Gasteiger partial charge on any atom is 0.0705 e. The highest BCUT2D eigenvalue weighted by molar-refractivity contribution is 5.85. The molecule has 2 aliphatic rings. The highest BCUT2D eigenvalue weighted by Crippen LogP contribution is 2.24. The highest BCUT2D eigenvalue weighted by atomic mass is 35.5. The SMILES string of the molecule is Cc1ccc(/C(=C\CN2CCCC2)c2ccccn2)cc1.Cc1ccc(/C(=C\CN2CCCC2)c2ccccn2)cc1.Cl.O. The molecule has 2 aromatic heterocycles. The second kappa shape index (κ2) is 18.3. The molecule has 0 amide bonds. The molecule has 4 aromatic rings. The van der Waals surface area contributed by atoms with Crippen LogP contribution in [0.15, 0.2) is 109 Å². The quantitative estimate of drug-likeness (QED) is 0.208. The zero-order chi connectivity index (χ0) is 29.0. The number of pyridine rings is 2. The van der Waals surface area contributed by atoms with Crippen molar-refractivity contribution in [3.05, 3.63) is 143 Å². The van der Waals surface area contributed by atoms with Crippen LogP contribution < -0.4 is 0 Å². The zero-order valence-electron chi connectivity index (χ0n) is 26.2. The summed E-state index contributed by atoms with van der Waals surface area (Å²) in [5.74, 6) is 0. The smallest absolute Gasteiger partial charge is 0.0705 e. The van der Waals surface area contributed by atoms with E-state index >= 15 is 0 Å². The van der Waals surface area contributed by atoms with Crippen LogP contribution in [0.2, 0.25) is 0 Å². The van der Waals surface area contributed by atoms with Crippen molar-refractivity contribution in [3.63, 3.8) is 0 Å². The summed E-state index contributed by atoms with van der Waals surface area (Å²) in [5, 5.41) is 0. The summed E-state index contributed by atoms with van der Waals surface area (Å²) in [6, 6.07) is 29.7. The predicted molar refractivity (Wildman–Crippen MR) is 187 cm³/mol. The highest BCUT2D eigenvalue weighted by Gasteiger charge is 2.13. The minimum atomic E-state index is 0. The van der Waals surface area contributed by atoms with Crippen molar-refractivity contribution in [2.45, 2.75) is 39.5 Å². The molecule has 2 saturated heterocycles. The zero-order valence-corrected chi connectivity index (χ0v) is 27.0. The Kier molecular flexibility index (Phi) is 14.5. The van der Waals surface area contributed by atoms with Crippen LogP contribution in [-0.4, -0.2) is 64.5 Å². The Morgan fingerprint density at radius 1 is 0.568 bits per heavy atom. The standard InChI is InChI=1S/2C19H22N2.ClH.H2O/c2*1-16-7-9-17(10-8-16)18(19-6-2-3-12-20-19)11-15-21-13-4-5-14-21;;/h2*2-3,6-12H,4-5,13-15H2,1H3;1H;1H2/b2*18-11+;;. The third-order valence-corrected chi connectivity index (χ3v) is 8.11. The molecule has 0 aliphatic carbocycles. The van der Waals surface area contributed by atoms with E-state index in [0.29, 0.717) is 0 Å². The van der Waals surface area contributed by atoms with Crippen molar-refractivity contribution in [1.29, 1.82) is 0 Å². The summed E-state index contributed by atoms with van der Waals surface area (Å²) >= 11 is 0. The topological polar surface area (TPSA) is 63.8 Å². The van der Waals surface area contributed by atoms with Crippen LogP contribution in [0.25, 0.3) is 11.1 Å². The van der Waals surface area contributed by atoms with Gasteiger partial charge in [-0.1, -0.05) is 83.9 Å². The number of nitrogens with zero attached hydrogens (tertiary/aromatic N) is 4. The van der Waals surface area contributed by atoms with Crippen LogP contribution in [0.5, 0.6) is 0 Å². The molecule has 0 unspecified atom stereocenters. The van der Waals surface area contributed by atoms with E-state index in [4.69, 9.17) is 0 Å². The van der Waals surface area contributed by atoms with Crippen molar-refractivity contribution < 1.29 is 5.48 Å². The number of halogens is 1. The number of hydrogen-bond acceptors (Lipinski definition) is 4. The van der Waals surface area contributed by atoms with Gasteiger partial charge in [-0.05, 0) is 101 Å². The van der Waals surface area contributed by atoms with Crippen molar-refractivity contribution in [1.82, 2.24) is 19.8 Å². The summed E-state index contributed by atoms with van der Waals surface area (Å²) in [5.41, 5.74) is 9.67. The van der Waals surface area contributed by atoms with E-state index in [1.165, 1.54) is 85.3 Å². The minimum absolute atomic E-state index is 0. The lowest BCUT2D eigenvalue weighted by molar-refractivity contribution is 0.377. The summed E-state index contributed by atoms with van der Waals surface area (Å²) in [6.07, 6.45) is 13.7. The van der Waals surface area contributed by atoms with Gasteiger partial charge in [0.25, 0.3) is 0 Å². The molecular formula is C38H47ClN4O. The van der Waals surface area contributed by atoms with Gasteiger partial charge >= 0.3 is 0 Å². The average Bonchev–Trinajstić information content (AvgIpc) is 3.76. The van der Waals surface area contributed by atoms with Gasteiger partial charge in [0, 0.05) is 36.6 Å². The van der Waals surface area contributed by atoms with Gasteiger partial charge in [0.1, 0.15) is 0 Å². The third-order valence-electron chi connectivity index (χ3n) is 8.11. The molecule has 44 heavy (non-hydrogen) atoms. The molecular weight excluding hydrogens is 564 g/mol. The molecule has 5 nitrogen and oxygen atoms in total. The molecule has 0 atom stereocenters. The molecule has 2 fully saturated rings. The number of likely N-dealkylation sites (tertiary alicyclic amines) is 2. The number of aryl methyl sites for hydroxylation is 2. The lowest BCUT2D eigenvalue weighted by Crippen LogP contribution is -2.19. The molecule has 0 spiro atoms. The molecule has 0 saturated carbocycles. The summed E-state index contributed by atoms with van der Waals surface area (Å²) in [7, 11) is 0. The van der Waals surface area contributed by atoms with E-state index in [1.807, 2.05) is 24.5 Å². The maximum atomic E-state index is 4.54. The Morgan fingerprint density at radius 3 is 1.25 bits per heavy atom. The van der Waals surface area contributed by atoms with E-state index in [2.05, 4.69) is 119 Å². The monoisotopic (exact) mass is 610 g/mol. The van der Waals surface area contributed by atoms with Crippen molar-refractivity contribution in [3.8, 4) is 0 Å². The van der Waals surface area contributed by atoms with Crippen LogP contribution in [-0.2, 0) is 0 Å². The number of aromatic nitrogens is 2. The average molecular weight is 611 g/mol. The van der Waals surface area contributed by atoms with Crippen LogP contribution >= 0.6 is 12.4 Å². The first-order chi connectivity index (χ1) is 20.7. The lowest BCUT2D eigenvalue weighted by Gasteiger charge is -2.14. The van der Waals surface area contributed by atoms with Gasteiger partial charge in [-0.3, -0.25) is 19.8 Å². The second-order valence-corrected chi connectivity index (χ2v) is 11.4. The largest absolute Gasteiger partial charge is 0.412 e. The molecule has 2 N–H and O–H groups in total. The first kappa shape index (κ1) is 34.9. The molecule has 2 aliphatic heterocycles. The fourth-order valence-electron chi connectivity index (χ4n) is 5.62. The van der Waals surface area contributed by atoms with Gasteiger partial charge < -0.3 is 5.48 Å². The Balaban J connectivity index is 0.000000230. The Bertz CT molecular complexity index is 1310. The van der Waals surface area contributed by atoms with E-state index < -0.39 is 0 Å². The first-order valence-electron chi connectivity index (χ1n) is 15.5. The van der Waals surface area contributed by atoms with Gasteiger partial charge in [0.2, 0.25) is 0 Å². The molecule has 0 bridgehead atoms. The third kappa shape index (κ3) is 10.2. The van der Waals surface area contributed by atoms with Gasteiger partial charge in [0.05, 0.1) is 11.4 Å². The number of rotatable bonds is 8. The molecule has 6 rings (SSSR count). The summed E-state index contributed by atoms with van der Waals surface area (Å²) in [4.78, 5) is 14.1.